The van der Waals surface area contributed by atoms with Gasteiger partial charge in [0.15, 0.2) is 0 Å². The molecule has 3 nitrogen and oxygen atoms in total. The van der Waals surface area contributed by atoms with Crippen molar-refractivity contribution in [3.8, 4) is 29.0 Å². The average Bonchev–Trinajstić information content (AvgIpc) is 3.51. The van der Waals surface area contributed by atoms with Gasteiger partial charge in [-0.1, -0.05) is 140 Å². The minimum absolute atomic E-state index is 0.563. The van der Waals surface area contributed by atoms with Gasteiger partial charge in [0, 0.05) is 22.0 Å². The van der Waals surface area contributed by atoms with Crippen molar-refractivity contribution in [2.24, 2.45) is 0 Å². The molecule has 7 aromatic carbocycles. The van der Waals surface area contributed by atoms with Gasteiger partial charge in [-0.2, -0.15) is 31.3 Å². The van der Waals surface area contributed by atoms with Crippen LogP contribution in [0.3, 0.4) is 0 Å². The highest BCUT2D eigenvalue weighted by atomic mass is 28.3. The molecule has 48 heavy (non-hydrogen) atoms. The normalized spacial score (nSPS) is 11.3. The van der Waals surface area contributed by atoms with Crippen molar-refractivity contribution in [1.29, 1.82) is 10.5 Å². The summed E-state index contributed by atoms with van der Waals surface area (Å²) in [6, 6.07) is 65.9. The van der Waals surface area contributed by atoms with Gasteiger partial charge in [0.25, 0.3) is 0 Å². The molecule has 0 saturated carbocycles. The Bertz CT molecular complexity index is 2370. The standard InChI is InChI=1S/C44H29N3Si/c45-30-32-26-34(29-36(27-32)47-42-22-12-10-20-40(42)41-21-11-13-23-43(41)47)33-24-25-44(35(28-33)31-46)48(37-14-4-1-5-15-37,38-16-6-2-7-17-38)39-18-8-3-9-19-39/h1-29H/q-1. The Balaban J connectivity index is 1.37. The number of nitrogens with zero attached hydrogens (tertiary/aromatic N) is 3. The molecule has 0 aliphatic carbocycles. The zero-order chi connectivity index (χ0) is 32.5. The van der Waals surface area contributed by atoms with Crippen LogP contribution in [0.2, 0.25) is 0 Å². The van der Waals surface area contributed by atoms with E-state index in [1.54, 1.807) is 0 Å². The fraction of sp³-hybridized carbons (Fsp3) is 0. The lowest BCUT2D eigenvalue weighted by molar-refractivity contribution is 1.18. The molecular weight excluding hydrogens is 599 g/mol. The largest absolute Gasteiger partial charge is 0.309 e. The first-order valence-electron chi connectivity index (χ1n) is 16.0. The number of hydrogen-bond acceptors (Lipinski definition) is 2. The van der Waals surface area contributed by atoms with Gasteiger partial charge < -0.3 is 4.57 Å². The van der Waals surface area contributed by atoms with Gasteiger partial charge in [-0.3, -0.25) is 0 Å². The second-order valence-electron chi connectivity index (χ2n) is 12.0. The highest BCUT2D eigenvalue weighted by Gasteiger charge is 2.30. The summed E-state index contributed by atoms with van der Waals surface area (Å²) in [5, 5.41) is 28.0. The maximum absolute atomic E-state index is 10.9. The van der Waals surface area contributed by atoms with E-state index >= 15 is 0 Å². The predicted molar refractivity (Wildman–Crippen MR) is 199 cm³/mol. The number of benzene rings is 7. The Kier molecular flexibility index (Phi) is 7.27. The molecule has 0 unspecified atom stereocenters. The lowest BCUT2D eigenvalue weighted by Crippen LogP contribution is -2.75. The zero-order valence-corrected chi connectivity index (χ0v) is 27.1. The molecule has 4 heteroatoms. The highest BCUT2D eigenvalue weighted by Crippen LogP contribution is 2.34. The molecule has 8 rings (SSSR count). The third kappa shape index (κ3) is 4.64. The molecule has 225 valence electrons. The summed E-state index contributed by atoms with van der Waals surface area (Å²) in [6.45, 7) is 0. The number of hydrogen-bond donors (Lipinski definition) is 0. The second-order valence-corrected chi connectivity index (χ2v) is 15.7. The fourth-order valence-corrected chi connectivity index (χ4v) is 12.2. The summed E-state index contributed by atoms with van der Waals surface area (Å²) in [5.74, 6) is 0. The molecule has 1 heterocycles. The van der Waals surface area contributed by atoms with Gasteiger partial charge in [-0.05, 0) is 55.6 Å². The van der Waals surface area contributed by atoms with Gasteiger partial charge in [-0.25, -0.2) is 0 Å². The van der Waals surface area contributed by atoms with Crippen LogP contribution in [0.4, 0.5) is 0 Å². The van der Waals surface area contributed by atoms with E-state index in [2.05, 4.69) is 144 Å². The van der Waals surface area contributed by atoms with Crippen molar-refractivity contribution >= 4 is 50.6 Å². The van der Waals surface area contributed by atoms with Crippen LogP contribution in [-0.4, -0.2) is 12.6 Å². The van der Waals surface area contributed by atoms with Gasteiger partial charge in [-0.15, -0.1) is 0 Å². The molecule has 0 N–H and O–H groups in total. The molecule has 0 aliphatic heterocycles. The summed E-state index contributed by atoms with van der Waals surface area (Å²) >= 11 is 0. The number of nitriles is 2. The van der Waals surface area contributed by atoms with Crippen LogP contribution in [0.5, 0.6) is 0 Å². The first kappa shape index (κ1) is 29.0. The molecule has 0 saturated heterocycles. The Labute approximate surface area is 280 Å². The zero-order valence-electron chi connectivity index (χ0n) is 26.1. The average molecular weight is 628 g/mol. The maximum Gasteiger partial charge on any atom is 0.0992 e. The molecule has 0 atom stereocenters. The number of fused-ring (bicyclic) bond motifs is 3. The van der Waals surface area contributed by atoms with E-state index in [1.807, 2.05) is 48.5 Å². The lowest BCUT2D eigenvalue weighted by Gasteiger charge is -2.47. The highest BCUT2D eigenvalue weighted by molar-refractivity contribution is 7.20. The minimum atomic E-state index is -2.90. The topological polar surface area (TPSA) is 52.5 Å². The molecule has 0 aliphatic rings. The molecule has 0 amide bonds. The Morgan fingerprint density at radius 1 is 0.438 bits per heavy atom. The van der Waals surface area contributed by atoms with Crippen molar-refractivity contribution < 1.29 is 0 Å². The molecule has 0 radical (unpaired) electrons. The molecule has 0 fully saturated rings. The van der Waals surface area contributed by atoms with Crippen LogP contribution in [0, 0.1) is 22.7 Å². The second kappa shape index (κ2) is 12.0. The monoisotopic (exact) mass is 627 g/mol. The third-order valence-corrected chi connectivity index (χ3v) is 14.2. The van der Waals surface area contributed by atoms with Crippen molar-refractivity contribution in [3.63, 3.8) is 0 Å². The van der Waals surface area contributed by atoms with E-state index in [9.17, 15) is 10.5 Å². The molecule has 1 aromatic heterocycles. The van der Waals surface area contributed by atoms with Crippen LogP contribution >= 0.6 is 0 Å². The van der Waals surface area contributed by atoms with Gasteiger partial charge in [0.2, 0.25) is 0 Å². The minimum Gasteiger partial charge on any atom is -0.309 e. The maximum atomic E-state index is 10.9. The van der Waals surface area contributed by atoms with E-state index in [0.29, 0.717) is 11.1 Å². The lowest BCUT2D eigenvalue weighted by atomic mass is 10.0. The van der Waals surface area contributed by atoms with Crippen LogP contribution < -0.4 is 20.7 Å². The van der Waals surface area contributed by atoms with Crippen molar-refractivity contribution in [2.45, 2.75) is 0 Å². The number of para-hydroxylation sites is 2. The molecule has 0 spiro atoms. The summed E-state index contributed by atoms with van der Waals surface area (Å²) in [5.41, 5.74) is 6.05. The van der Waals surface area contributed by atoms with Crippen LogP contribution in [0.25, 0.3) is 38.6 Å². The smallest absolute Gasteiger partial charge is 0.0992 e. The van der Waals surface area contributed by atoms with E-state index < -0.39 is 8.07 Å². The van der Waals surface area contributed by atoms with Crippen molar-refractivity contribution in [1.82, 2.24) is 4.57 Å². The van der Waals surface area contributed by atoms with E-state index in [-0.39, 0.29) is 0 Å². The SMILES string of the molecule is N#Cc1cc(-c2ccc([Si-](c3ccccc3)(c3ccccc3)c3ccccc3)c(C#N)c2)cc(-n2c3ccccc3c3ccccc32)c1. The Morgan fingerprint density at radius 3 is 1.44 bits per heavy atom. The first-order valence-corrected chi connectivity index (χ1v) is 18.0. The van der Waals surface area contributed by atoms with E-state index in [4.69, 9.17) is 0 Å². The van der Waals surface area contributed by atoms with Gasteiger partial charge in [0.05, 0.1) is 28.7 Å². The summed E-state index contributed by atoms with van der Waals surface area (Å²) in [4.78, 5) is 0. The molecule has 0 bridgehead atoms. The first-order chi connectivity index (χ1) is 23.7. The fourth-order valence-electron chi connectivity index (χ4n) is 7.35. The molecular formula is C44H29N3Si-. The van der Waals surface area contributed by atoms with Crippen LogP contribution in [0.15, 0.2) is 176 Å². The Morgan fingerprint density at radius 2 is 0.938 bits per heavy atom. The van der Waals surface area contributed by atoms with Crippen molar-refractivity contribution in [2.75, 3.05) is 0 Å². The van der Waals surface area contributed by atoms with Crippen LogP contribution in [0.1, 0.15) is 11.1 Å². The number of aromatic nitrogens is 1. The van der Waals surface area contributed by atoms with E-state index in [0.717, 1.165) is 43.8 Å². The summed E-state index contributed by atoms with van der Waals surface area (Å²) in [7, 11) is -2.90. The van der Waals surface area contributed by atoms with Crippen LogP contribution in [-0.2, 0) is 0 Å². The summed E-state index contributed by atoms with van der Waals surface area (Å²) < 4.78 is 2.23. The summed E-state index contributed by atoms with van der Waals surface area (Å²) in [6.07, 6.45) is 0. The quantitative estimate of drug-likeness (QED) is 0.141. The van der Waals surface area contributed by atoms with Gasteiger partial charge in [0.1, 0.15) is 0 Å². The van der Waals surface area contributed by atoms with Crippen molar-refractivity contribution in [3.05, 3.63) is 187 Å². The number of rotatable bonds is 6. The van der Waals surface area contributed by atoms with E-state index in [1.165, 1.54) is 15.6 Å². The predicted octanol–water partition coefficient (Wildman–Crippen LogP) is 7.57. The third-order valence-electron chi connectivity index (χ3n) is 9.38. The Hall–Kier alpha value is -6.46. The molecule has 8 aromatic rings. The van der Waals surface area contributed by atoms with Gasteiger partial charge >= 0.3 is 0 Å².